The monoisotopic (exact) mass is 330 g/mol. The van der Waals surface area contributed by atoms with Crippen LogP contribution in [0.1, 0.15) is 41.8 Å². The summed E-state index contributed by atoms with van der Waals surface area (Å²) in [5, 5.41) is 22.0. The van der Waals surface area contributed by atoms with E-state index in [1.807, 2.05) is 37.4 Å². The van der Waals surface area contributed by atoms with Crippen molar-refractivity contribution in [1.29, 1.82) is 0 Å². The SMILES string of the molecule is CCc1ccc(C(CO)NC(=O)NCCCc2cn[nH]c2C)cc1. The molecule has 1 aromatic heterocycles. The van der Waals surface area contributed by atoms with Gasteiger partial charge in [-0.1, -0.05) is 31.2 Å². The van der Waals surface area contributed by atoms with Crippen molar-refractivity contribution in [3.8, 4) is 0 Å². The van der Waals surface area contributed by atoms with Gasteiger partial charge < -0.3 is 15.7 Å². The van der Waals surface area contributed by atoms with E-state index in [-0.39, 0.29) is 12.6 Å². The summed E-state index contributed by atoms with van der Waals surface area (Å²) in [7, 11) is 0. The molecule has 2 aromatic rings. The number of amides is 2. The second-order valence-corrected chi connectivity index (χ2v) is 5.85. The zero-order valence-corrected chi connectivity index (χ0v) is 14.3. The van der Waals surface area contributed by atoms with Crippen molar-refractivity contribution in [3.05, 3.63) is 52.8 Å². The molecule has 0 aliphatic rings. The minimum atomic E-state index is -0.396. The Hall–Kier alpha value is -2.34. The molecule has 0 aliphatic heterocycles. The molecule has 1 atom stereocenters. The van der Waals surface area contributed by atoms with Gasteiger partial charge in [-0.05, 0) is 42.9 Å². The topological polar surface area (TPSA) is 90.0 Å². The molecule has 0 radical (unpaired) electrons. The van der Waals surface area contributed by atoms with E-state index in [2.05, 4.69) is 27.8 Å². The third kappa shape index (κ3) is 5.09. The number of carbonyl (C=O) groups excluding carboxylic acids is 1. The van der Waals surface area contributed by atoms with Crippen LogP contribution in [-0.2, 0) is 12.8 Å². The minimum absolute atomic E-state index is 0.132. The minimum Gasteiger partial charge on any atom is -0.394 e. The predicted octanol–water partition coefficient (Wildman–Crippen LogP) is 2.25. The molecule has 1 unspecified atom stereocenters. The van der Waals surface area contributed by atoms with Crippen LogP contribution in [0.4, 0.5) is 4.79 Å². The zero-order valence-electron chi connectivity index (χ0n) is 14.3. The molecule has 130 valence electrons. The number of benzene rings is 1. The summed E-state index contributed by atoms with van der Waals surface area (Å²) >= 11 is 0. The summed E-state index contributed by atoms with van der Waals surface area (Å²) in [4.78, 5) is 12.0. The number of aromatic nitrogens is 2. The van der Waals surface area contributed by atoms with E-state index >= 15 is 0 Å². The van der Waals surface area contributed by atoms with E-state index in [9.17, 15) is 9.90 Å². The van der Waals surface area contributed by atoms with Crippen LogP contribution in [0.5, 0.6) is 0 Å². The fourth-order valence-electron chi connectivity index (χ4n) is 2.54. The molecule has 0 aliphatic carbocycles. The molecule has 2 amide bonds. The summed E-state index contributed by atoms with van der Waals surface area (Å²) in [6.07, 6.45) is 4.48. The molecule has 6 heteroatoms. The second kappa shape index (κ2) is 9.08. The van der Waals surface area contributed by atoms with E-state index in [1.54, 1.807) is 0 Å². The van der Waals surface area contributed by atoms with Crippen molar-refractivity contribution in [2.24, 2.45) is 0 Å². The standard InChI is InChI=1S/C18H26N4O2/c1-3-14-6-8-15(9-7-14)17(12-23)21-18(24)19-10-4-5-16-11-20-22-13(16)2/h6-9,11,17,23H,3-5,10,12H2,1-2H3,(H,20,22)(H2,19,21,24). The third-order valence-electron chi connectivity index (χ3n) is 4.12. The van der Waals surface area contributed by atoms with Gasteiger partial charge in [0.2, 0.25) is 0 Å². The molecule has 0 bridgehead atoms. The molecule has 0 spiro atoms. The van der Waals surface area contributed by atoms with Crippen LogP contribution in [-0.4, -0.2) is 34.5 Å². The van der Waals surface area contributed by atoms with E-state index in [0.717, 1.165) is 30.5 Å². The lowest BCUT2D eigenvalue weighted by Crippen LogP contribution is -2.39. The Bertz CT molecular complexity index is 637. The number of carbonyl (C=O) groups is 1. The smallest absolute Gasteiger partial charge is 0.315 e. The second-order valence-electron chi connectivity index (χ2n) is 5.85. The number of rotatable bonds is 8. The molecular weight excluding hydrogens is 304 g/mol. The van der Waals surface area contributed by atoms with Crippen LogP contribution in [0.3, 0.4) is 0 Å². The maximum Gasteiger partial charge on any atom is 0.315 e. The van der Waals surface area contributed by atoms with Crippen molar-refractivity contribution in [3.63, 3.8) is 0 Å². The first-order valence-electron chi connectivity index (χ1n) is 8.37. The van der Waals surface area contributed by atoms with Crippen LogP contribution in [0, 0.1) is 6.92 Å². The van der Waals surface area contributed by atoms with E-state index in [0.29, 0.717) is 6.54 Å². The molecule has 0 fully saturated rings. The number of aromatic amines is 1. The Balaban J connectivity index is 1.75. The quantitative estimate of drug-likeness (QED) is 0.560. The number of nitrogens with one attached hydrogen (secondary N) is 3. The first-order valence-corrected chi connectivity index (χ1v) is 8.37. The van der Waals surface area contributed by atoms with Gasteiger partial charge in [-0.3, -0.25) is 5.10 Å². The van der Waals surface area contributed by atoms with Gasteiger partial charge in [0.15, 0.2) is 0 Å². The average molecular weight is 330 g/mol. The van der Waals surface area contributed by atoms with E-state index in [1.165, 1.54) is 11.1 Å². The van der Waals surface area contributed by atoms with Crippen LogP contribution < -0.4 is 10.6 Å². The lowest BCUT2D eigenvalue weighted by molar-refractivity contribution is 0.217. The Morgan fingerprint density at radius 3 is 2.67 bits per heavy atom. The lowest BCUT2D eigenvalue weighted by atomic mass is 10.0. The van der Waals surface area contributed by atoms with Crippen LogP contribution in [0.15, 0.2) is 30.5 Å². The molecule has 4 N–H and O–H groups in total. The molecule has 0 saturated heterocycles. The number of hydrogen-bond acceptors (Lipinski definition) is 3. The van der Waals surface area contributed by atoms with Gasteiger partial charge in [0.25, 0.3) is 0 Å². The Kier molecular flexibility index (Phi) is 6.81. The van der Waals surface area contributed by atoms with Gasteiger partial charge in [-0.25, -0.2) is 4.79 Å². The number of aliphatic hydroxyl groups is 1. The third-order valence-corrected chi connectivity index (χ3v) is 4.12. The molecule has 24 heavy (non-hydrogen) atoms. The highest BCUT2D eigenvalue weighted by atomic mass is 16.3. The fraction of sp³-hybridized carbons (Fsp3) is 0.444. The number of nitrogens with zero attached hydrogens (tertiary/aromatic N) is 1. The maximum atomic E-state index is 12.0. The predicted molar refractivity (Wildman–Crippen MR) is 93.8 cm³/mol. The molecular formula is C18H26N4O2. The number of urea groups is 1. The van der Waals surface area contributed by atoms with Gasteiger partial charge in [0, 0.05) is 12.2 Å². The number of aliphatic hydroxyl groups excluding tert-OH is 1. The van der Waals surface area contributed by atoms with Gasteiger partial charge in [-0.2, -0.15) is 5.10 Å². The number of aryl methyl sites for hydroxylation is 3. The largest absolute Gasteiger partial charge is 0.394 e. The van der Waals surface area contributed by atoms with Crippen molar-refractivity contribution in [2.75, 3.05) is 13.2 Å². The Morgan fingerprint density at radius 1 is 1.33 bits per heavy atom. The first-order chi connectivity index (χ1) is 11.6. The molecule has 1 heterocycles. The van der Waals surface area contributed by atoms with Crippen LogP contribution in [0.2, 0.25) is 0 Å². The molecule has 1 aromatic carbocycles. The summed E-state index contributed by atoms with van der Waals surface area (Å²) in [5.74, 6) is 0. The number of H-pyrrole nitrogens is 1. The average Bonchev–Trinajstić information content (AvgIpc) is 3.02. The van der Waals surface area contributed by atoms with Crippen molar-refractivity contribution >= 4 is 6.03 Å². The van der Waals surface area contributed by atoms with E-state index in [4.69, 9.17) is 0 Å². The van der Waals surface area contributed by atoms with Crippen molar-refractivity contribution in [1.82, 2.24) is 20.8 Å². The molecule has 0 saturated carbocycles. The summed E-state index contributed by atoms with van der Waals surface area (Å²) in [6, 6.07) is 7.27. The highest BCUT2D eigenvalue weighted by molar-refractivity contribution is 5.74. The fourth-order valence-corrected chi connectivity index (χ4v) is 2.54. The lowest BCUT2D eigenvalue weighted by Gasteiger charge is -2.17. The van der Waals surface area contributed by atoms with Gasteiger partial charge >= 0.3 is 6.03 Å². The Labute approximate surface area is 142 Å². The Morgan fingerprint density at radius 2 is 2.08 bits per heavy atom. The molecule has 2 rings (SSSR count). The van der Waals surface area contributed by atoms with Crippen molar-refractivity contribution < 1.29 is 9.90 Å². The highest BCUT2D eigenvalue weighted by Crippen LogP contribution is 2.14. The number of hydrogen-bond donors (Lipinski definition) is 4. The van der Waals surface area contributed by atoms with Gasteiger partial charge in [-0.15, -0.1) is 0 Å². The zero-order chi connectivity index (χ0) is 17.4. The first kappa shape index (κ1) is 18.0. The highest BCUT2D eigenvalue weighted by Gasteiger charge is 2.13. The summed E-state index contributed by atoms with van der Waals surface area (Å²) < 4.78 is 0. The van der Waals surface area contributed by atoms with Gasteiger partial charge in [0.05, 0.1) is 18.8 Å². The molecule has 6 nitrogen and oxygen atoms in total. The van der Waals surface area contributed by atoms with Gasteiger partial charge in [0.1, 0.15) is 0 Å². The summed E-state index contributed by atoms with van der Waals surface area (Å²) in [5.41, 5.74) is 4.37. The maximum absolute atomic E-state index is 12.0. The summed E-state index contributed by atoms with van der Waals surface area (Å²) in [6.45, 7) is 4.52. The van der Waals surface area contributed by atoms with Crippen LogP contribution in [0.25, 0.3) is 0 Å². The van der Waals surface area contributed by atoms with Crippen LogP contribution >= 0.6 is 0 Å². The van der Waals surface area contributed by atoms with E-state index < -0.39 is 6.04 Å². The van der Waals surface area contributed by atoms with Crippen molar-refractivity contribution in [2.45, 2.75) is 39.2 Å². The normalized spacial score (nSPS) is 12.0.